The maximum Gasteiger partial charge on any atom is 0.338 e. The minimum absolute atomic E-state index is 0.0198. The first-order chi connectivity index (χ1) is 16.9. The molecule has 0 aliphatic heterocycles. The van der Waals surface area contributed by atoms with Crippen LogP contribution in [0.15, 0.2) is 53.1 Å². The number of aromatic nitrogens is 1. The third-order valence-corrected chi connectivity index (χ3v) is 5.04. The standard InChI is InChI=1S/C26H28N2O7/c1-4-13-32-26(31)20-7-9-21(10-8-20)27-24(29)16-34-25(30)14-19-5-11-22(12-6-19)33-15-23-17(2)28-35-18(23)3/h5-12H,4,13-16H2,1-3H3,(H,27,29). The Morgan fingerprint density at radius 2 is 1.69 bits per heavy atom. The third kappa shape index (κ3) is 7.70. The zero-order valence-electron chi connectivity index (χ0n) is 20.0. The number of benzene rings is 2. The molecule has 1 amide bonds. The van der Waals surface area contributed by atoms with E-state index in [-0.39, 0.29) is 6.42 Å². The molecule has 0 radical (unpaired) electrons. The van der Waals surface area contributed by atoms with E-state index in [4.69, 9.17) is 18.7 Å². The van der Waals surface area contributed by atoms with Gasteiger partial charge in [0, 0.05) is 5.69 Å². The molecule has 1 N–H and O–H groups in total. The van der Waals surface area contributed by atoms with Crippen LogP contribution in [0.5, 0.6) is 5.75 Å². The van der Waals surface area contributed by atoms with Crippen LogP contribution in [0.25, 0.3) is 0 Å². The predicted molar refractivity (Wildman–Crippen MR) is 127 cm³/mol. The number of amides is 1. The van der Waals surface area contributed by atoms with Gasteiger partial charge in [-0.25, -0.2) is 4.79 Å². The second kappa shape index (κ2) is 12.4. The van der Waals surface area contributed by atoms with E-state index in [0.717, 1.165) is 29.0 Å². The van der Waals surface area contributed by atoms with Gasteiger partial charge in [0.25, 0.3) is 5.91 Å². The molecule has 9 nitrogen and oxygen atoms in total. The zero-order valence-corrected chi connectivity index (χ0v) is 20.0. The van der Waals surface area contributed by atoms with Crippen molar-refractivity contribution in [3.8, 4) is 5.75 Å². The number of hydrogen-bond acceptors (Lipinski definition) is 8. The normalized spacial score (nSPS) is 10.5. The van der Waals surface area contributed by atoms with Gasteiger partial charge in [0.15, 0.2) is 6.61 Å². The van der Waals surface area contributed by atoms with E-state index in [9.17, 15) is 14.4 Å². The van der Waals surface area contributed by atoms with Crippen LogP contribution in [0.1, 0.15) is 46.3 Å². The highest BCUT2D eigenvalue weighted by molar-refractivity contribution is 5.94. The van der Waals surface area contributed by atoms with E-state index in [1.54, 1.807) is 48.5 Å². The molecule has 0 atom stereocenters. The number of aryl methyl sites for hydroxylation is 2. The minimum Gasteiger partial charge on any atom is -0.489 e. The lowest BCUT2D eigenvalue weighted by Crippen LogP contribution is -2.21. The highest BCUT2D eigenvalue weighted by atomic mass is 16.5. The van der Waals surface area contributed by atoms with E-state index < -0.39 is 24.5 Å². The Morgan fingerprint density at radius 3 is 2.31 bits per heavy atom. The summed E-state index contributed by atoms with van der Waals surface area (Å²) in [5.74, 6) is -0.0684. The molecule has 3 aromatic rings. The number of nitrogens with zero attached hydrogens (tertiary/aromatic N) is 1. The van der Waals surface area contributed by atoms with Gasteiger partial charge in [0.1, 0.15) is 18.1 Å². The molecule has 2 aromatic carbocycles. The molecule has 1 aromatic heterocycles. The summed E-state index contributed by atoms with van der Waals surface area (Å²) < 4.78 is 21.0. The summed E-state index contributed by atoms with van der Waals surface area (Å²) in [6.45, 7) is 5.86. The van der Waals surface area contributed by atoms with Crippen molar-refractivity contribution in [2.45, 2.75) is 40.2 Å². The Morgan fingerprint density at radius 1 is 0.971 bits per heavy atom. The first-order valence-electron chi connectivity index (χ1n) is 11.2. The summed E-state index contributed by atoms with van der Waals surface area (Å²) in [6, 6.07) is 13.3. The average Bonchev–Trinajstić information content (AvgIpc) is 3.18. The van der Waals surface area contributed by atoms with Crippen LogP contribution in [-0.2, 0) is 32.1 Å². The van der Waals surface area contributed by atoms with Crippen molar-refractivity contribution in [3.63, 3.8) is 0 Å². The summed E-state index contributed by atoms with van der Waals surface area (Å²) >= 11 is 0. The smallest absolute Gasteiger partial charge is 0.338 e. The van der Waals surface area contributed by atoms with Crippen LogP contribution in [0.2, 0.25) is 0 Å². The van der Waals surface area contributed by atoms with Crippen molar-refractivity contribution in [2.24, 2.45) is 0 Å². The molecule has 184 valence electrons. The molecule has 35 heavy (non-hydrogen) atoms. The summed E-state index contributed by atoms with van der Waals surface area (Å²) in [4.78, 5) is 36.0. The van der Waals surface area contributed by atoms with E-state index >= 15 is 0 Å². The van der Waals surface area contributed by atoms with E-state index in [2.05, 4.69) is 10.5 Å². The number of hydrogen-bond donors (Lipinski definition) is 1. The van der Waals surface area contributed by atoms with Crippen molar-refractivity contribution >= 4 is 23.5 Å². The number of carbonyl (C=O) groups is 3. The molecule has 3 rings (SSSR count). The Bertz CT molecular complexity index is 1130. The number of ether oxygens (including phenoxy) is 3. The number of anilines is 1. The summed E-state index contributed by atoms with van der Waals surface area (Å²) in [6.07, 6.45) is 0.759. The number of nitrogens with one attached hydrogen (secondary N) is 1. The van der Waals surface area contributed by atoms with Gasteiger partial charge in [-0.3, -0.25) is 9.59 Å². The maximum absolute atomic E-state index is 12.1. The minimum atomic E-state index is -0.529. The second-order valence-electron chi connectivity index (χ2n) is 7.83. The maximum atomic E-state index is 12.1. The third-order valence-electron chi connectivity index (χ3n) is 5.04. The van der Waals surface area contributed by atoms with Crippen molar-refractivity contribution in [1.29, 1.82) is 0 Å². The Labute approximate surface area is 203 Å². The summed E-state index contributed by atoms with van der Waals surface area (Å²) in [5.41, 5.74) is 3.29. The lowest BCUT2D eigenvalue weighted by Gasteiger charge is -2.09. The van der Waals surface area contributed by atoms with Gasteiger partial charge in [-0.2, -0.15) is 0 Å². The molecule has 0 aliphatic carbocycles. The van der Waals surface area contributed by atoms with Crippen LogP contribution >= 0.6 is 0 Å². The first-order valence-corrected chi connectivity index (χ1v) is 11.2. The van der Waals surface area contributed by atoms with Gasteiger partial charge < -0.3 is 24.1 Å². The van der Waals surface area contributed by atoms with Gasteiger partial charge in [-0.15, -0.1) is 0 Å². The Kier molecular flexibility index (Phi) is 9.00. The number of rotatable bonds is 11. The van der Waals surface area contributed by atoms with E-state index in [0.29, 0.717) is 30.2 Å². The number of esters is 2. The highest BCUT2D eigenvalue weighted by Crippen LogP contribution is 2.18. The fourth-order valence-corrected chi connectivity index (χ4v) is 3.10. The van der Waals surface area contributed by atoms with E-state index in [1.807, 2.05) is 20.8 Å². The molecular formula is C26H28N2O7. The van der Waals surface area contributed by atoms with Crippen molar-refractivity contribution in [3.05, 3.63) is 76.7 Å². The van der Waals surface area contributed by atoms with Crippen molar-refractivity contribution < 1.29 is 33.1 Å². The van der Waals surface area contributed by atoms with Gasteiger partial charge in [0.05, 0.1) is 29.8 Å². The van der Waals surface area contributed by atoms with Crippen LogP contribution in [0.3, 0.4) is 0 Å². The van der Waals surface area contributed by atoms with Crippen LogP contribution in [0, 0.1) is 13.8 Å². The average molecular weight is 481 g/mol. The van der Waals surface area contributed by atoms with Crippen LogP contribution in [-0.4, -0.2) is 36.2 Å². The molecule has 0 bridgehead atoms. The van der Waals surface area contributed by atoms with Gasteiger partial charge >= 0.3 is 11.9 Å². The van der Waals surface area contributed by atoms with Gasteiger partial charge in [0.2, 0.25) is 0 Å². The second-order valence-corrected chi connectivity index (χ2v) is 7.83. The number of carbonyl (C=O) groups excluding carboxylic acids is 3. The highest BCUT2D eigenvalue weighted by Gasteiger charge is 2.12. The molecule has 0 aliphatic rings. The molecule has 0 unspecified atom stereocenters. The SMILES string of the molecule is CCCOC(=O)c1ccc(NC(=O)COC(=O)Cc2ccc(OCc3c(C)noc3C)cc2)cc1. The Balaban J connectivity index is 1.40. The molecule has 0 saturated carbocycles. The molecule has 0 saturated heterocycles. The lowest BCUT2D eigenvalue weighted by molar-refractivity contribution is -0.146. The van der Waals surface area contributed by atoms with Crippen molar-refractivity contribution in [1.82, 2.24) is 5.16 Å². The van der Waals surface area contributed by atoms with Gasteiger partial charge in [-0.1, -0.05) is 24.2 Å². The van der Waals surface area contributed by atoms with E-state index in [1.165, 1.54) is 0 Å². The zero-order chi connectivity index (χ0) is 25.2. The lowest BCUT2D eigenvalue weighted by atomic mass is 10.1. The Hall–Kier alpha value is -4.14. The quantitative estimate of drug-likeness (QED) is 0.407. The van der Waals surface area contributed by atoms with Crippen LogP contribution < -0.4 is 10.1 Å². The molecule has 0 spiro atoms. The fourth-order valence-electron chi connectivity index (χ4n) is 3.10. The predicted octanol–water partition coefficient (Wildman–Crippen LogP) is 4.16. The summed E-state index contributed by atoms with van der Waals surface area (Å²) in [5, 5.41) is 6.51. The fraction of sp³-hybridized carbons (Fsp3) is 0.308. The summed E-state index contributed by atoms with van der Waals surface area (Å²) in [7, 11) is 0. The van der Waals surface area contributed by atoms with Crippen LogP contribution in [0.4, 0.5) is 5.69 Å². The topological polar surface area (TPSA) is 117 Å². The molecular weight excluding hydrogens is 452 g/mol. The van der Waals surface area contributed by atoms with Gasteiger partial charge in [-0.05, 0) is 62.2 Å². The molecule has 1 heterocycles. The monoisotopic (exact) mass is 480 g/mol. The van der Waals surface area contributed by atoms with Crippen molar-refractivity contribution in [2.75, 3.05) is 18.5 Å². The molecule has 9 heteroatoms. The first kappa shape index (κ1) is 25.5. The largest absolute Gasteiger partial charge is 0.489 e. The molecule has 0 fully saturated rings.